The second kappa shape index (κ2) is 8.89. The summed E-state index contributed by atoms with van der Waals surface area (Å²) in [5.41, 5.74) is 0. The van der Waals surface area contributed by atoms with Gasteiger partial charge in [0.05, 0.1) is 0 Å². The van der Waals surface area contributed by atoms with Gasteiger partial charge < -0.3 is 14.3 Å². The summed E-state index contributed by atoms with van der Waals surface area (Å²) in [6, 6.07) is 8.37. The second-order valence-corrected chi connectivity index (χ2v) is 8.81. The van der Waals surface area contributed by atoms with Gasteiger partial charge in [-0.25, -0.2) is 13.6 Å². The maximum absolute atomic E-state index is 11.3. The summed E-state index contributed by atoms with van der Waals surface area (Å²) < 4.78 is 54.0. The van der Waals surface area contributed by atoms with Crippen molar-refractivity contribution in [2.24, 2.45) is 0 Å². The van der Waals surface area contributed by atoms with Crippen molar-refractivity contribution < 1.29 is 56.3 Å². The van der Waals surface area contributed by atoms with Crippen LogP contribution in [0, 0.1) is 0 Å². The predicted octanol–water partition coefficient (Wildman–Crippen LogP) is 4.26. The van der Waals surface area contributed by atoms with Crippen LogP contribution in [-0.4, -0.2) is 24.5 Å². The molecule has 16 heteroatoms. The van der Waals surface area contributed by atoms with Crippen molar-refractivity contribution in [2.75, 3.05) is 0 Å². The number of hydrogen-bond donors (Lipinski definition) is 5. The van der Waals surface area contributed by atoms with Gasteiger partial charge in [0.2, 0.25) is 17.2 Å². The lowest BCUT2D eigenvalue weighted by molar-refractivity contribution is 0.375. The van der Waals surface area contributed by atoms with Gasteiger partial charge in [-0.2, -0.15) is 0 Å². The molecule has 4 rings (SSSR count). The van der Waals surface area contributed by atoms with Crippen molar-refractivity contribution in [1.29, 1.82) is 0 Å². The van der Waals surface area contributed by atoms with E-state index < -0.39 is 33.4 Å². The lowest BCUT2D eigenvalue weighted by Gasteiger charge is -2.16. The molecule has 0 aliphatic heterocycles. The number of rotatable bonds is 8. The Labute approximate surface area is 181 Å². The zero-order valence-corrected chi connectivity index (χ0v) is 18.9. The summed E-state index contributed by atoms with van der Waals surface area (Å²) in [4.78, 5) is 46.4. The quantitative estimate of drug-likeness (QED) is 0.165. The average molecular weight is 519 g/mol. The molecule has 0 heterocycles. The molecule has 0 radical (unpaired) electrons. The highest BCUT2D eigenvalue weighted by atomic mass is 31.2. The zero-order chi connectivity index (χ0) is 23.2. The highest BCUT2D eigenvalue weighted by molar-refractivity contribution is 7.39. The minimum atomic E-state index is -3.10. The Balaban J connectivity index is 2.19. The first-order valence-electron chi connectivity index (χ1n) is 8.32. The number of hydrogen-bond acceptors (Lipinski definition) is 9. The standard InChI is InChI=1S/C16H8O12P4/c17-29(18)25-11-5-13(27-31(21)22)9-3-4-10-14(28-32(23)24)6-12(26-30(19)20)8-2-1-7(11)15(9)16(8)10/h1-6,17-18H/p+3. The molecule has 0 saturated heterocycles. The van der Waals surface area contributed by atoms with Crippen LogP contribution in [0.15, 0.2) is 36.4 Å². The molecule has 3 atom stereocenters. The Morgan fingerprint density at radius 1 is 0.594 bits per heavy atom. The van der Waals surface area contributed by atoms with Crippen molar-refractivity contribution in [3.8, 4) is 23.0 Å². The monoisotopic (exact) mass is 519 g/mol. The van der Waals surface area contributed by atoms with Crippen LogP contribution in [0.2, 0.25) is 0 Å². The smallest absolute Gasteiger partial charge is 0.426 e. The molecule has 0 spiro atoms. The Morgan fingerprint density at radius 3 is 1.22 bits per heavy atom. The molecule has 32 heavy (non-hydrogen) atoms. The molecule has 0 fully saturated rings. The molecule has 0 bridgehead atoms. The first kappa shape index (κ1) is 22.8. The third-order valence-corrected chi connectivity index (χ3v) is 5.87. The van der Waals surface area contributed by atoms with Crippen LogP contribution in [0.25, 0.3) is 32.3 Å². The predicted molar refractivity (Wildman–Crippen MR) is 113 cm³/mol. The Kier molecular flexibility index (Phi) is 6.34. The van der Waals surface area contributed by atoms with E-state index in [1.807, 2.05) is 0 Å². The van der Waals surface area contributed by atoms with E-state index in [0.717, 1.165) is 0 Å². The van der Waals surface area contributed by atoms with Crippen molar-refractivity contribution in [3.63, 3.8) is 0 Å². The fourth-order valence-corrected chi connectivity index (χ4v) is 4.79. The van der Waals surface area contributed by atoms with Gasteiger partial charge in [-0.15, -0.1) is 14.7 Å². The molecule has 4 aromatic carbocycles. The summed E-state index contributed by atoms with van der Waals surface area (Å²) in [6.45, 7) is 0. The van der Waals surface area contributed by atoms with E-state index in [-0.39, 0.29) is 23.0 Å². The van der Waals surface area contributed by atoms with Gasteiger partial charge in [-0.1, -0.05) is 0 Å². The van der Waals surface area contributed by atoms with E-state index in [1.165, 1.54) is 36.4 Å². The van der Waals surface area contributed by atoms with Crippen molar-refractivity contribution >= 4 is 65.7 Å². The van der Waals surface area contributed by atoms with Crippen LogP contribution in [0.5, 0.6) is 23.0 Å². The third kappa shape index (κ3) is 4.29. The maximum atomic E-state index is 11.3. The highest BCUT2D eigenvalue weighted by Gasteiger charge is 2.29. The summed E-state index contributed by atoms with van der Waals surface area (Å²) in [5, 5.41) is 1.83. The normalized spacial score (nSPS) is 13.0. The summed E-state index contributed by atoms with van der Waals surface area (Å²) in [7, 11) is -12.2. The Hall–Kier alpha value is -2.35. The molecule has 12 nitrogen and oxygen atoms in total. The summed E-state index contributed by atoms with van der Waals surface area (Å²) >= 11 is 0. The molecule has 0 aromatic heterocycles. The van der Waals surface area contributed by atoms with Gasteiger partial charge in [0.15, 0.2) is 0 Å². The number of benzene rings is 4. The molecule has 0 aliphatic carbocycles. The van der Waals surface area contributed by atoms with Crippen molar-refractivity contribution in [1.82, 2.24) is 0 Å². The van der Waals surface area contributed by atoms with Crippen LogP contribution in [0.4, 0.5) is 0 Å². The first-order chi connectivity index (χ1) is 15.2. The second-order valence-electron chi connectivity index (χ2n) is 6.15. The lowest BCUT2D eigenvalue weighted by atomic mass is 9.92. The minimum absolute atomic E-state index is 0.0925. The van der Waals surface area contributed by atoms with E-state index >= 15 is 0 Å². The van der Waals surface area contributed by atoms with Gasteiger partial charge in [-0.05, 0) is 24.3 Å². The van der Waals surface area contributed by atoms with E-state index in [1.54, 1.807) is 0 Å². The SMILES string of the molecule is O=[P+](O)Oc1cc(OP(O)O)c2ccc3c(O[P+](=O)O)cc(O[P+](=O)O)c4ccc1c2c34. The van der Waals surface area contributed by atoms with E-state index in [2.05, 4.69) is 0 Å². The van der Waals surface area contributed by atoms with Crippen LogP contribution >= 0.6 is 33.4 Å². The molecule has 164 valence electrons. The summed E-state index contributed by atoms with van der Waals surface area (Å²) in [5.74, 6) is -0.505. The fraction of sp³-hybridized carbons (Fsp3) is 0. The minimum Gasteiger partial charge on any atom is -0.426 e. The van der Waals surface area contributed by atoms with Gasteiger partial charge in [0.25, 0.3) is 0 Å². The van der Waals surface area contributed by atoms with Gasteiger partial charge in [-0.3, -0.25) is 0 Å². The van der Waals surface area contributed by atoms with Crippen LogP contribution < -0.4 is 18.1 Å². The third-order valence-electron chi connectivity index (χ3n) is 4.46. The molecule has 0 saturated carbocycles. The zero-order valence-electron chi connectivity index (χ0n) is 15.3. The molecule has 4 aromatic rings. The average Bonchev–Trinajstić information content (AvgIpc) is 2.68. The first-order valence-corrected chi connectivity index (χ1v) is 12.9. The van der Waals surface area contributed by atoms with Crippen LogP contribution in [-0.2, 0) is 13.7 Å². The van der Waals surface area contributed by atoms with Crippen molar-refractivity contribution in [2.45, 2.75) is 0 Å². The highest BCUT2D eigenvalue weighted by Crippen LogP contribution is 2.51. The molecule has 0 aliphatic rings. The van der Waals surface area contributed by atoms with Crippen LogP contribution in [0.1, 0.15) is 0 Å². The molecule has 5 N–H and O–H groups in total. The Morgan fingerprint density at radius 2 is 0.906 bits per heavy atom. The van der Waals surface area contributed by atoms with E-state index in [4.69, 9.17) is 18.1 Å². The molecule has 0 amide bonds. The Bertz CT molecular complexity index is 1370. The molecular formula is C16H11O12P4+3. The molecule has 3 unspecified atom stereocenters. The van der Waals surface area contributed by atoms with E-state index in [9.17, 15) is 38.2 Å². The van der Waals surface area contributed by atoms with Gasteiger partial charge in [0.1, 0.15) is 5.75 Å². The van der Waals surface area contributed by atoms with E-state index in [0.29, 0.717) is 32.3 Å². The van der Waals surface area contributed by atoms with Crippen LogP contribution in [0.3, 0.4) is 0 Å². The largest absolute Gasteiger partial charge is 0.747 e. The summed E-state index contributed by atoms with van der Waals surface area (Å²) in [6.07, 6.45) is 0. The lowest BCUT2D eigenvalue weighted by Crippen LogP contribution is -1.95. The van der Waals surface area contributed by atoms with Gasteiger partial charge >= 0.3 is 33.4 Å². The molecular weight excluding hydrogens is 508 g/mol. The maximum Gasteiger partial charge on any atom is 0.747 e. The van der Waals surface area contributed by atoms with Gasteiger partial charge in [0, 0.05) is 58.1 Å². The van der Waals surface area contributed by atoms with Crippen molar-refractivity contribution in [3.05, 3.63) is 36.4 Å². The fourth-order valence-electron chi connectivity index (χ4n) is 3.51. The topological polar surface area (TPSA) is 189 Å².